The van der Waals surface area contributed by atoms with Gasteiger partial charge in [0.1, 0.15) is 39.8 Å². The number of hydrogen-bond acceptors (Lipinski definition) is 14. The number of aromatic amines is 1. The van der Waals surface area contributed by atoms with Gasteiger partial charge in [-0.1, -0.05) is 0 Å². The molecular formula is C24H35F3N6O9PS3+. The molecule has 1 aromatic heterocycles. The highest BCUT2D eigenvalue weighted by atomic mass is 32.2. The molecule has 2 unspecified atom stereocenters. The van der Waals surface area contributed by atoms with Crippen molar-refractivity contribution >= 4 is 59.2 Å². The van der Waals surface area contributed by atoms with Gasteiger partial charge in [-0.25, -0.2) is 13.2 Å². The van der Waals surface area contributed by atoms with Gasteiger partial charge >= 0.3 is 20.2 Å². The maximum Gasteiger partial charge on any atom is 0.513 e. The number of hydrogen-bond donors (Lipinski definition) is 2. The number of sulfone groups is 1. The summed E-state index contributed by atoms with van der Waals surface area (Å²) in [5.74, 6) is -6.89. The molecule has 1 fully saturated rings. The second kappa shape index (κ2) is 14.0. The van der Waals surface area contributed by atoms with E-state index in [2.05, 4.69) is 25.9 Å². The molecule has 22 heteroatoms. The lowest BCUT2D eigenvalue weighted by molar-refractivity contribution is -0.159. The number of ether oxygens (including phenoxy) is 2. The van der Waals surface area contributed by atoms with Crippen molar-refractivity contribution in [3.8, 4) is 0 Å². The van der Waals surface area contributed by atoms with Crippen LogP contribution in [-0.4, -0.2) is 115 Å². The molecule has 2 aliphatic rings. The molecule has 46 heavy (non-hydrogen) atoms. The number of alkyl halides is 3. The van der Waals surface area contributed by atoms with Crippen LogP contribution in [0.2, 0.25) is 0 Å². The number of halogens is 3. The van der Waals surface area contributed by atoms with Crippen LogP contribution in [0.5, 0.6) is 0 Å². The second-order valence-electron chi connectivity index (χ2n) is 12.1. The highest BCUT2D eigenvalue weighted by molar-refractivity contribution is 8.01. The first-order valence-electron chi connectivity index (χ1n) is 13.6. The van der Waals surface area contributed by atoms with E-state index in [1.54, 1.807) is 48.5 Å². The summed E-state index contributed by atoms with van der Waals surface area (Å²) < 4.78 is 92.7. The van der Waals surface area contributed by atoms with E-state index in [9.17, 15) is 40.5 Å². The Balaban J connectivity index is 2.07. The van der Waals surface area contributed by atoms with Crippen LogP contribution in [0.25, 0.3) is 0 Å². The van der Waals surface area contributed by atoms with Crippen LogP contribution in [0, 0.1) is 0 Å². The normalized spacial score (nSPS) is 20.9. The van der Waals surface area contributed by atoms with E-state index in [1.807, 2.05) is 0 Å². The molecule has 2 N–H and O–H groups in total. The summed E-state index contributed by atoms with van der Waals surface area (Å²) in [6, 6.07) is -1.37. The molecule has 1 aromatic rings. The molecule has 0 saturated carbocycles. The van der Waals surface area contributed by atoms with E-state index in [0.717, 1.165) is 28.4 Å². The van der Waals surface area contributed by atoms with Crippen molar-refractivity contribution in [1.29, 1.82) is 0 Å². The fourth-order valence-corrected chi connectivity index (χ4v) is 9.80. The Morgan fingerprint density at radius 2 is 1.83 bits per heavy atom. The van der Waals surface area contributed by atoms with Gasteiger partial charge in [0.15, 0.2) is 14.8 Å². The minimum Gasteiger partial charge on any atom is -0.455 e. The van der Waals surface area contributed by atoms with Gasteiger partial charge in [0, 0.05) is 17.9 Å². The number of H-pyrrole nitrogens is 1. The van der Waals surface area contributed by atoms with E-state index in [1.165, 1.54) is 0 Å². The number of carbonyl (C=O) groups excluding carboxylic acids is 3. The lowest BCUT2D eigenvalue weighted by atomic mass is 10.00. The van der Waals surface area contributed by atoms with E-state index >= 15 is 0 Å². The number of thioether (sulfide) groups is 2. The third kappa shape index (κ3) is 10.1. The molecule has 1 saturated heterocycles. The summed E-state index contributed by atoms with van der Waals surface area (Å²) in [6.45, 7) is 11.6. The number of esters is 1. The average molecular weight is 736 g/mol. The van der Waals surface area contributed by atoms with Crippen molar-refractivity contribution in [2.75, 3.05) is 30.0 Å². The lowest BCUT2D eigenvalue weighted by Crippen LogP contribution is -2.71. The molecule has 2 aliphatic heterocycles. The fraction of sp³-hybridized carbons (Fsp3) is 0.750. The average Bonchev–Trinajstić information content (AvgIpc) is 3.35. The first-order valence-corrected chi connectivity index (χ1v) is 18.7. The molecule has 0 radical (unpaired) electrons. The Morgan fingerprint density at radius 1 is 1.17 bits per heavy atom. The maximum absolute atomic E-state index is 13.8. The van der Waals surface area contributed by atoms with Gasteiger partial charge < -0.3 is 14.8 Å². The number of fused-ring (bicyclic) bond motifs is 1. The topological polar surface area (TPSA) is 200 Å². The first kappa shape index (κ1) is 38.1. The number of β-lactam (4-membered cyclic amide) rings is 1. The lowest BCUT2D eigenvalue weighted by Gasteiger charge is -2.51. The van der Waals surface area contributed by atoms with Crippen molar-refractivity contribution < 1.29 is 54.5 Å². The van der Waals surface area contributed by atoms with Crippen molar-refractivity contribution in [1.82, 2.24) is 30.8 Å². The van der Waals surface area contributed by atoms with Gasteiger partial charge in [-0.15, -0.1) is 26.5 Å². The van der Waals surface area contributed by atoms with Gasteiger partial charge in [0.05, 0.1) is 0 Å². The molecule has 0 aromatic carbocycles. The molecule has 0 spiro atoms. The zero-order valence-electron chi connectivity index (χ0n) is 26.0. The summed E-state index contributed by atoms with van der Waals surface area (Å²) >= 11 is 1.92. The Hall–Kier alpha value is -2.32. The maximum atomic E-state index is 13.8. The number of rotatable bonds is 13. The van der Waals surface area contributed by atoms with Crippen molar-refractivity contribution in [3.05, 3.63) is 11.3 Å². The van der Waals surface area contributed by atoms with Crippen LogP contribution in [-0.2, 0) is 42.8 Å². The van der Waals surface area contributed by atoms with Crippen LogP contribution in [0.1, 0.15) is 48.5 Å². The summed E-state index contributed by atoms with van der Waals surface area (Å²) in [6.07, 6.45) is -5.39. The fourth-order valence-electron chi connectivity index (χ4n) is 4.38. The number of nitrogens with one attached hydrogen (secondary N) is 2. The third-order valence-corrected chi connectivity index (χ3v) is 11.4. The second-order valence-corrected chi connectivity index (χ2v) is 17.7. The smallest absolute Gasteiger partial charge is 0.455 e. The summed E-state index contributed by atoms with van der Waals surface area (Å²) in [4.78, 5) is 39.1. The number of aromatic nitrogens is 4. The van der Waals surface area contributed by atoms with Gasteiger partial charge in [-0.3, -0.25) is 14.5 Å². The molecule has 0 aliphatic carbocycles. The SMILES string of the molecule is CCOC(C[P+](=O)OC(C)(C)C)(Sc1nn[nH]n1)C1=C(C(=O)OC(C)(C)C)N2C(=O)[C@@H](NC(=O)CS(=O)(=O)CC(F)(F)F)[C@H]2SC1. The molecule has 0 bridgehead atoms. The number of tetrazole rings is 1. The predicted octanol–water partition coefficient (Wildman–Crippen LogP) is 2.55. The van der Waals surface area contributed by atoms with Gasteiger partial charge in [0.25, 0.3) is 5.91 Å². The van der Waals surface area contributed by atoms with Crippen LogP contribution in [0.4, 0.5) is 13.2 Å². The highest BCUT2D eigenvalue weighted by Gasteiger charge is 2.59. The Labute approximate surface area is 272 Å². The molecule has 2 amide bonds. The van der Waals surface area contributed by atoms with Crippen LogP contribution >= 0.6 is 31.6 Å². The van der Waals surface area contributed by atoms with Crippen LogP contribution in [0.15, 0.2) is 16.4 Å². The van der Waals surface area contributed by atoms with Gasteiger partial charge in [0.2, 0.25) is 17.2 Å². The minimum absolute atomic E-state index is 0.0295. The quantitative estimate of drug-likeness (QED) is 0.0985. The monoisotopic (exact) mass is 735 g/mol. The largest absolute Gasteiger partial charge is 0.513 e. The van der Waals surface area contributed by atoms with Crippen molar-refractivity contribution in [3.63, 3.8) is 0 Å². The standard InChI is InChI=1S/C24H34F3N6O9PS3/c1-8-40-23(45-20-29-31-32-30-20,11-43(37)42-22(5,6)7)13-9-44-18-15(28-14(34)10-46(38,39)12-24(25,26)27)17(35)33(18)16(13)19(36)41-21(2,3)4/h15,18H,8-12H2,1-7H3,(H-,28,29,30,31,32,34)/p+1/t15-,18-,23?/m1/s1. The number of amides is 2. The third-order valence-electron chi connectivity index (χ3n) is 5.74. The summed E-state index contributed by atoms with van der Waals surface area (Å²) in [7, 11) is -7.35. The highest BCUT2D eigenvalue weighted by Crippen LogP contribution is 2.52. The Kier molecular flexibility index (Phi) is 11.6. The molecule has 258 valence electrons. The summed E-state index contributed by atoms with van der Waals surface area (Å²) in [5.41, 5.74) is -1.99. The van der Waals surface area contributed by atoms with E-state index < -0.39 is 80.9 Å². The van der Waals surface area contributed by atoms with Crippen LogP contribution in [0.3, 0.4) is 0 Å². The predicted molar refractivity (Wildman–Crippen MR) is 160 cm³/mol. The first-order chi connectivity index (χ1) is 21.0. The van der Waals surface area contributed by atoms with Crippen molar-refractivity contribution in [2.45, 2.75) is 87.3 Å². The Morgan fingerprint density at radius 3 is 2.35 bits per heavy atom. The van der Waals surface area contributed by atoms with Gasteiger partial charge in [-0.2, -0.15) is 18.4 Å². The van der Waals surface area contributed by atoms with Gasteiger partial charge in [-0.05, 0) is 70.0 Å². The number of nitrogens with zero attached hydrogens (tertiary/aromatic N) is 4. The molecular weight excluding hydrogens is 700 g/mol. The van der Waals surface area contributed by atoms with E-state index in [4.69, 9.17) is 14.0 Å². The molecule has 3 rings (SSSR count). The van der Waals surface area contributed by atoms with E-state index in [0.29, 0.717) is 0 Å². The van der Waals surface area contributed by atoms with Crippen molar-refractivity contribution in [2.24, 2.45) is 0 Å². The minimum atomic E-state index is -5.06. The molecule has 4 atom stereocenters. The zero-order valence-corrected chi connectivity index (χ0v) is 29.3. The Bertz CT molecular complexity index is 1480. The molecule has 15 nitrogen and oxygen atoms in total. The molecule has 3 heterocycles. The van der Waals surface area contributed by atoms with E-state index in [-0.39, 0.29) is 34.9 Å². The zero-order chi connectivity index (χ0) is 34.9. The van der Waals surface area contributed by atoms with Crippen LogP contribution < -0.4 is 5.32 Å². The summed E-state index contributed by atoms with van der Waals surface area (Å²) in [5, 5.41) is 15.0. The number of carbonyl (C=O) groups is 3.